The van der Waals surface area contributed by atoms with E-state index in [4.69, 9.17) is 18.9 Å². The Morgan fingerprint density at radius 2 is 1.68 bits per heavy atom. The van der Waals surface area contributed by atoms with E-state index in [1.807, 2.05) is 0 Å². The van der Waals surface area contributed by atoms with Crippen LogP contribution in [0.2, 0.25) is 0 Å². The van der Waals surface area contributed by atoms with E-state index < -0.39 is 23.5 Å². The smallest absolute Gasteiger partial charge is 0.295 e. The number of amides is 1. The Bertz CT molecular complexity index is 1220. The van der Waals surface area contributed by atoms with E-state index in [1.54, 1.807) is 18.2 Å². The van der Waals surface area contributed by atoms with Crippen molar-refractivity contribution in [3.05, 3.63) is 51.5 Å². The van der Waals surface area contributed by atoms with Crippen molar-refractivity contribution < 1.29 is 38.7 Å². The second-order valence-electron chi connectivity index (χ2n) is 8.92. The molecule has 0 spiro atoms. The number of ether oxygens (including phenoxy) is 4. The SMILES string of the molecule is COc1cc([C@@H]2C(=C(O)c3cc(Br)ccc3O)C(=O)C(=O)N2CCCN2CCOCC2)cc(OC)c1OC. The topological polar surface area (TPSA) is 118 Å². The first-order chi connectivity index (χ1) is 18.3. The van der Waals surface area contributed by atoms with E-state index in [0.29, 0.717) is 46.9 Å². The zero-order valence-corrected chi connectivity index (χ0v) is 23.1. The fraction of sp³-hybridized carbons (Fsp3) is 0.407. The van der Waals surface area contributed by atoms with E-state index in [2.05, 4.69) is 20.8 Å². The van der Waals surface area contributed by atoms with Crippen LogP contribution in [0.1, 0.15) is 23.6 Å². The van der Waals surface area contributed by atoms with Gasteiger partial charge >= 0.3 is 0 Å². The van der Waals surface area contributed by atoms with Crippen LogP contribution >= 0.6 is 15.9 Å². The minimum Gasteiger partial charge on any atom is -0.507 e. The van der Waals surface area contributed by atoms with Gasteiger partial charge in [0, 0.05) is 30.7 Å². The minimum absolute atomic E-state index is 0.0307. The number of phenols is 1. The van der Waals surface area contributed by atoms with Crippen LogP contribution < -0.4 is 14.2 Å². The molecule has 2 aliphatic heterocycles. The second kappa shape index (κ2) is 12.1. The summed E-state index contributed by atoms with van der Waals surface area (Å²) in [6.07, 6.45) is 0.607. The number of phenolic OH excluding ortho intramolecular Hbond substituents is 1. The predicted molar refractivity (Wildman–Crippen MR) is 143 cm³/mol. The highest BCUT2D eigenvalue weighted by Crippen LogP contribution is 2.46. The quantitative estimate of drug-likeness (QED) is 0.257. The molecule has 1 atom stereocenters. The Hall–Kier alpha value is -3.28. The zero-order chi connectivity index (χ0) is 27.4. The third kappa shape index (κ3) is 5.45. The Labute approximate surface area is 229 Å². The average molecular weight is 591 g/mol. The van der Waals surface area contributed by atoms with Gasteiger partial charge < -0.3 is 34.1 Å². The van der Waals surface area contributed by atoms with Crippen molar-refractivity contribution in [2.45, 2.75) is 12.5 Å². The average Bonchev–Trinajstić information content (AvgIpc) is 3.18. The highest BCUT2D eigenvalue weighted by molar-refractivity contribution is 9.10. The number of likely N-dealkylation sites (tertiary alicyclic amines) is 1. The van der Waals surface area contributed by atoms with E-state index >= 15 is 0 Å². The predicted octanol–water partition coefficient (Wildman–Crippen LogP) is 3.32. The summed E-state index contributed by atoms with van der Waals surface area (Å²) in [5, 5.41) is 21.8. The molecular formula is C27H31BrN2O8. The molecule has 2 saturated heterocycles. The summed E-state index contributed by atoms with van der Waals surface area (Å²) in [5.41, 5.74) is 0.383. The highest BCUT2D eigenvalue weighted by atomic mass is 79.9. The first kappa shape index (κ1) is 27.7. The first-order valence-corrected chi connectivity index (χ1v) is 13.0. The number of morpholine rings is 1. The molecule has 11 heteroatoms. The van der Waals surface area contributed by atoms with Crippen LogP contribution in [-0.4, -0.2) is 92.4 Å². The number of rotatable bonds is 9. The monoisotopic (exact) mass is 590 g/mol. The molecule has 2 heterocycles. The number of halogens is 1. The minimum atomic E-state index is -0.952. The van der Waals surface area contributed by atoms with Crippen LogP contribution in [0.3, 0.4) is 0 Å². The van der Waals surface area contributed by atoms with E-state index in [-0.39, 0.29) is 23.4 Å². The number of aromatic hydroxyl groups is 1. The molecule has 2 N–H and O–H groups in total. The Kier molecular flexibility index (Phi) is 8.80. The number of aliphatic hydroxyl groups excluding tert-OH is 1. The van der Waals surface area contributed by atoms with Gasteiger partial charge in [-0.15, -0.1) is 0 Å². The summed E-state index contributed by atoms with van der Waals surface area (Å²) in [4.78, 5) is 30.4. The number of hydrogen-bond donors (Lipinski definition) is 2. The molecule has 2 aromatic rings. The maximum atomic E-state index is 13.4. The number of ketones is 1. The fourth-order valence-corrected chi connectivity index (χ4v) is 5.21. The van der Waals surface area contributed by atoms with Crippen LogP contribution in [0.25, 0.3) is 5.76 Å². The number of hydrogen-bond acceptors (Lipinski definition) is 9. The number of aliphatic hydroxyl groups is 1. The lowest BCUT2D eigenvalue weighted by Gasteiger charge is -2.29. The number of Topliss-reactive ketones (excluding diaryl/α,β-unsaturated/α-hetero) is 1. The Morgan fingerprint density at radius 1 is 1.03 bits per heavy atom. The van der Waals surface area contributed by atoms with Gasteiger partial charge in [0.05, 0.1) is 51.7 Å². The third-order valence-corrected chi connectivity index (χ3v) is 7.23. The number of methoxy groups -OCH3 is 3. The lowest BCUT2D eigenvalue weighted by Crippen LogP contribution is -2.39. The normalized spacial score (nSPS) is 19.6. The third-order valence-electron chi connectivity index (χ3n) is 6.73. The molecule has 0 saturated carbocycles. The van der Waals surface area contributed by atoms with Crippen molar-refractivity contribution in [2.75, 3.05) is 60.7 Å². The van der Waals surface area contributed by atoms with Gasteiger partial charge in [-0.05, 0) is 42.3 Å². The Balaban J connectivity index is 1.81. The molecule has 10 nitrogen and oxygen atoms in total. The van der Waals surface area contributed by atoms with Crippen molar-refractivity contribution in [2.24, 2.45) is 0 Å². The molecule has 2 aliphatic rings. The summed E-state index contributed by atoms with van der Waals surface area (Å²) in [6, 6.07) is 6.84. The van der Waals surface area contributed by atoms with Crippen LogP contribution in [0.15, 0.2) is 40.4 Å². The largest absolute Gasteiger partial charge is 0.507 e. The molecule has 0 aromatic heterocycles. The first-order valence-electron chi connectivity index (χ1n) is 12.2. The van der Waals surface area contributed by atoms with Gasteiger partial charge in [0.2, 0.25) is 5.75 Å². The van der Waals surface area contributed by atoms with Gasteiger partial charge in [-0.1, -0.05) is 15.9 Å². The van der Waals surface area contributed by atoms with Gasteiger partial charge in [-0.25, -0.2) is 0 Å². The van der Waals surface area contributed by atoms with Gasteiger partial charge in [0.15, 0.2) is 11.5 Å². The summed E-state index contributed by atoms with van der Waals surface area (Å²) >= 11 is 3.33. The molecular weight excluding hydrogens is 560 g/mol. The summed E-state index contributed by atoms with van der Waals surface area (Å²) in [6.45, 7) is 3.91. The van der Waals surface area contributed by atoms with Crippen LogP contribution in [0, 0.1) is 0 Å². The zero-order valence-electron chi connectivity index (χ0n) is 21.5. The maximum absolute atomic E-state index is 13.4. The summed E-state index contributed by atoms with van der Waals surface area (Å²) in [5.74, 6) is -1.25. The van der Waals surface area contributed by atoms with Crippen LogP contribution in [-0.2, 0) is 14.3 Å². The fourth-order valence-electron chi connectivity index (χ4n) is 4.85. The summed E-state index contributed by atoms with van der Waals surface area (Å²) in [7, 11) is 4.42. The van der Waals surface area contributed by atoms with Crippen molar-refractivity contribution in [3.8, 4) is 23.0 Å². The molecule has 1 amide bonds. The van der Waals surface area contributed by atoms with E-state index in [0.717, 1.165) is 19.6 Å². The lowest BCUT2D eigenvalue weighted by atomic mass is 9.94. The van der Waals surface area contributed by atoms with Gasteiger partial charge in [0.1, 0.15) is 11.5 Å². The molecule has 204 valence electrons. The number of nitrogens with zero attached hydrogens (tertiary/aromatic N) is 2. The number of carbonyl (C=O) groups excluding carboxylic acids is 2. The van der Waals surface area contributed by atoms with Gasteiger partial charge in [0.25, 0.3) is 11.7 Å². The molecule has 0 radical (unpaired) electrons. The number of benzene rings is 2. The van der Waals surface area contributed by atoms with E-state index in [1.165, 1.54) is 38.4 Å². The van der Waals surface area contributed by atoms with Crippen molar-refractivity contribution >= 4 is 33.4 Å². The van der Waals surface area contributed by atoms with Crippen LogP contribution in [0.5, 0.6) is 23.0 Å². The standard InChI is InChI=1S/C27H31BrN2O8/c1-35-20-13-16(14-21(36-2)26(20)37-3)23-22(24(32)18-15-17(28)5-6-19(18)31)25(33)27(34)30(23)8-4-7-29-9-11-38-12-10-29/h5-6,13-15,23,31-32H,4,7-12H2,1-3H3/t23-/m1/s1. The summed E-state index contributed by atoms with van der Waals surface area (Å²) < 4.78 is 22.4. The molecule has 38 heavy (non-hydrogen) atoms. The van der Waals surface area contributed by atoms with Gasteiger partial charge in [-0.3, -0.25) is 14.5 Å². The second-order valence-corrected chi connectivity index (χ2v) is 9.84. The van der Waals surface area contributed by atoms with Crippen molar-refractivity contribution in [1.82, 2.24) is 9.80 Å². The molecule has 4 rings (SSSR count). The molecule has 0 aliphatic carbocycles. The molecule has 2 aromatic carbocycles. The Morgan fingerprint density at radius 3 is 2.29 bits per heavy atom. The van der Waals surface area contributed by atoms with Crippen LogP contribution in [0.4, 0.5) is 0 Å². The molecule has 2 fully saturated rings. The van der Waals surface area contributed by atoms with Crippen molar-refractivity contribution in [1.29, 1.82) is 0 Å². The maximum Gasteiger partial charge on any atom is 0.295 e. The molecule has 0 unspecified atom stereocenters. The molecule has 0 bridgehead atoms. The highest BCUT2D eigenvalue weighted by Gasteiger charge is 2.46. The van der Waals surface area contributed by atoms with E-state index in [9.17, 15) is 19.8 Å². The van der Waals surface area contributed by atoms with Crippen molar-refractivity contribution in [3.63, 3.8) is 0 Å². The van der Waals surface area contributed by atoms with Gasteiger partial charge in [-0.2, -0.15) is 0 Å². The number of carbonyl (C=O) groups is 2. The lowest BCUT2D eigenvalue weighted by molar-refractivity contribution is -0.140.